The molecule has 18 aromatic rings. The average Bonchev–Trinajstić information content (AvgIpc) is 1.57. The summed E-state index contributed by atoms with van der Waals surface area (Å²) in [6, 6.07) is 147. The molecule has 10 heteroatoms. The maximum Gasteiger partial charge on any atom is 4.00 e. The number of fused-ring (bicyclic) bond motifs is 12. The quantitative estimate of drug-likeness (QED) is 0.0499. The molecule has 18 aromatic carbocycles. The molecule has 4 aliphatic rings. The third-order valence-electron chi connectivity index (χ3n) is 28.5. The molecular weight excluding hydrogens is 2130 g/mol. The van der Waals surface area contributed by atoms with Crippen LogP contribution in [0.5, 0.6) is 23.0 Å². The molecule has 8 nitrogen and oxygen atoms in total. The maximum absolute atomic E-state index is 12.3. The van der Waals surface area contributed by atoms with Gasteiger partial charge in [-0.05, 0) is 166 Å². The fourth-order valence-corrected chi connectivity index (χ4v) is 21.1. The van der Waals surface area contributed by atoms with Crippen LogP contribution in [-0.2, 0) is 99.5 Å². The van der Waals surface area contributed by atoms with Crippen molar-refractivity contribution in [3.63, 3.8) is 0 Å². The van der Waals surface area contributed by atoms with Crippen LogP contribution in [0, 0.1) is 62.3 Å². The van der Waals surface area contributed by atoms with Crippen molar-refractivity contribution >= 4 is 0 Å². The predicted molar refractivity (Wildman–Crippen MR) is 614 cm³/mol. The summed E-state index contributed by atoms with van der Waals surface area (Å²) in [7, 11) is 8.36. The molecule has 148 heavy (non-hydrogen) atoms. The Balaban J connectivity index is 0.000000185. The first-order valence-electron chi connectivity index (χ1n) is 50.0. The Morgan fingerprint density at radius 1 is 0.196 bits per heavy atom. The van der Waals surface area contributed by atoms with Gasteiger partial charge >= 0.3 is 51.7 Å². The van der Waals surface area contributed by atoms with Gasteiger partial charge in [0.25, 0.3) is 0 Å². The Morgan fingerprint density at radius 2 is 0.358 bits per heavy atom. The van der Waals surface area contributed by atoms with Crippen LogP contribution in [0.3, 0.4) is 0 Å². The van der Waals surface area contributed by atoms with Crippen LogP contribution < -0.4 is 0 Å². The van der Waals surface area contributed by atoms with Gasteiger partial charge in [-0.25, -0.2) is 0 Å². The number of aromatic hydroxyl groups is 4. The van der Waals surface area contributed by atoms with E-state index in [2.05, 4.69) is 380 Å². The fraction of sp³-hybridized carbons (Fsp3) is 0.174. The van der Waals surface area contributed by atoms with E-state index in [1.54, 1.807) is 0 Å². The van der Waals surface area contributed by atoms with E-state index < -0.39 is 21.7 Å². The number of phenolic OH excluding ortho intramolecular Hbond substituents is 4. The minimum Gasteiger partial charge on any atom is -0.507 e. The van der Waals surface area contributed by atoms with Gasteiger partial charge in [-0.15, -0.1) is 72.8 Å². The van der Waals surface area contributed by atoms with Gasteiger partial charge in [0.1, 0.15) is 23.0 Å². The Kier molecular flexibility index (Phi) is 39.2. The van der Waals surface area contributed by atoms with Crippen LogP contribution in [0.15, 0.2) is 431 Å². The predicted octanol–water partition coefficient (Wildman–Crippen LogP) is 31.4. The number of hydrogen-bond acceptors (Lipinski definition) is 8. The molecule has 4 aliphatic carbocycles. The van der Waals surface area contributed by atoms with E-state index >= 15 is 0 Å². The maximum atomic E-state index is 12.3. The number of nitrogens with zero attached hydrogens (tertiary/aromatic N) is 4. The van der Waals surface area contributed by atoms with Gasteiger partial charge < -0.3 is 30.2 Å². The molecule has 0 aromatic heterocycles. The Labute approximate surface area is 920 Å². The van der Waals surface area contributed by atoms with E-state index in [-0.39, 0.29) is 59.1 Å². The molecule has 4 N–H and O–H groups in total. The van der Waals surface area contributed by atoms with Gasteiger partial charge in [0, 0.05) is 119 Å². The minimum absolute atomic E-state index is 0. The van der Waals surface area contributed by atoms with Crippen LogP contribution in [0.1, 0.15) is 174 Å². The van der Waals surface area contributed by atoms with E-state index in [9.17, 15) is 20.4 Å². The second kappa shape index (κ2) is 51.5. The number of aryl methyl sites for hydroxylation is 3. The minimum atomic E-state index is -0.500. The molecule has 0 amide bonds. The third kappa shape index (κ3) is 25.5. The molecule has 0 saturated carbocycles. The molecular formula is C138H140Hf2N4O4+2. The van der Waals surface area contributed by atoms with Gasteiger partial charge in [0.2, 0.25) is 0 Å². The van der Waals surface area contributed by atoms with E-state index in [1.807, 2.05) is 188 Å². The third-order valence-corrected chi connectivity index (χ3v) is 28.5. The fourth-order valence-electron chi connectivity index (χ4n) is 21.1. The number of likely N-dealkylation sites (N-methyl/N-ethyl adjacent to an activating group) is 2. The van der Waals surface area contributed by atoms with Crippen molar-refractivity contribution in [1.29, 1.82) is 0 Å². The summed E-state index contributed by atoms with van der Waals surface area (Å²) in [6.07, 6.45) is 0. The van der Waals surface area contributed by atoms with Gasteiger partial charge in [0.15, 0.2) is 0 Å². The van der Waals surface area contributed by atoms with Crippen molar-refractivity contribution in [3.8, 4) is 67.5 Å². The number of hydrogen-bond donors (Lipinski definition) is 4. The summed E-state index contributed by atoms with van der Waals surface area (Å²) in [5.41, 5.74) is 34.6. The normalized spacial score (nSPS) is 12.7. The zero-order valence-electron chi connectivity index (χ0n) is 87.0. The zero-order chi connectivity index (χ0) is 103. The Hall–Kier alpha value is -14.0. The van der Waals surface area contributed by atoms with Crippen LogP contribution in [0.4, 0.5) is 0 Å². The molecule has 0 radical (unpaired) electrons. The van der Waals surface area contributed by atoms with Crippen molar-refractivity contribution in [2.45, 2.75) is 104 Å². The molecule has 0 aliphatic heterocycles. The topological polar surface area (TPSA) is 93.9 Å². The second-order valence-electron chi connectivity index (χ2n) is 39.6. The zero-order valence-corrected chi connectivity index (χ0v) is 94.2. The smallest absolute Gasteiger partial charge is 0.507 e. The Bertz CT molecular complexity index is 6740. The molecule has 0 saturated heterocycles. The van der Waals surface area contributed by atoms with Gasteiger partial charge in [-0.3, -0.25) is 9.80 Å². The SMILES string of the molecule is C.Cc1cc(CN(CCN(C)C)Cc2cc(C)cc(C3(C)c4ccccc4-c4ccccc43)c2O)c(O)c(C2(C)c3ccccc3-c3ccccc32)c1.Cc1cc(CN(CCN(C)C)Cc2cccc(C3(C)c4ccccc4-c4ccccc43)c2O)c(O)c(C2(C)c3ccccc3-c3ccccc32)c1.[CH2-]c1ccccc1.[CH2-]c1ccccc1.[CH2-]c1ccccc1.[CH2-]c1ccccc1.[CH2-]c1ccccc1.[CH2-]c1ccccc1.[Hf+4].[Hf+4]. The molecule has 0 atom stereocenters. The van der Waals surface area contributed by atoms with Crippen molar-refractivity contribution in [1.82, 2.24) is 19.6 Å². The molecule has 0 heterocycles. The van der Waals surface area contributed by atoms with E-state index in [1.165, 1.54) is 89.0 Å². The molecule has 0 bridgehead atoms. The average molecular weight is 2280 g/mol. The summed E-state index contributed by atoms with van der Waals surface area (Å²) >= 11 is 0. The molecule has 22 rings (SSSR count). The molecule has 0 unspecified atom stereocenters. The van der Waals surface area contributed by atoms with E-state index in [4.69, 9.17) is 0 Å². The van der Waals surface area contributed by atoms with Crippen molar-refractivity contribution < 1.29 is 72.1 Å². The number of para-hydroxylation sites is 1. The van der Waals surface area contributed by atoms with Crippen LogP contribution in [-0.4, -0.2) is 94.4 Å². The Morgan fingerprint density at radius 3 is 0.541 bits per heavy atom. The van der Waals surface area contributed by atoms with Crippen LogP contribution in [0.25, 0.3) is 44.5 Å². The van der Waals surface area contributed by atoms with Gasteiger partial charge in [-0.2, -0.15) is 148 Å². The molecule has 742 valence electrons. The number of rotatable bonds is 18. The summed E-state index contributed by atoms with van der Waals surface area (Å²) in [6.45, 7) is 43.1. The summed E-state index contributed by atoms with van der Waals surface area (Å²) in [5.74, 6) is 1.36. The summed E-state index contributed by atoms with van der Waals surface area (Å²) in [4.78, 5) is 9.10. The first kappa shape index (κ1) is 113. The largest absolute Gasteiger partial charge is 4.00 e. The monoisotopic (exact) mass is 2280 g/mol. The van der Waals surface area contributed by atoms with Crippen molar-refractivity contribution in [3.05, 3.63) is 611 Å². The second-order valence-corrected chi connectivity index (χ2v) is 39.6. The standard InChI is InChI=1S/C48H48N2O2.C47H46N2O2.6C7H7.CH4.2Hf/c1-31-25-33(45(51)43(27-31)47(3)39-19-11-7-15-35(39)36-16-8-12-20-40(36)47)29-50(24-23-49(5)6)30-34-26-32(2)28-44(46(34)52)48(4)41-21-13-9-17-37(41)38-18-10-14-22-42(38)48;1-31-27-33(45(51)43(28-31)47(3)40-22-12-8-18-36(40)37-19-9-13-23-41(37)47)30-49(26-25-48(4)5)29-32-15-14-24-42(44(32)50)46(2)38-20-10-6-16-34(38)35-17-7-11-21-39(35)46;6*1-7-5-3-2-4-6-7;;;/h7-22,25-28,51-52H,23-24,29-30H2,1-6H3;6-24,27-28,50-51H,25-26,29-30H2,1-5H3;6*2-6H,1H2;1H4;;/q;;6*-1;;2*+4. The first-order chi connectivity index (χ1) is 70.0. The van der Waals surface area contributed by atoms with Crippen LogP contribution in [0.2, 0.25) is 0 Å². The first-order valence-corrected chi connectivity index (χ1v) is 50.0. The summed E-state index contributed by atoms with van der Waals surface area (Å²) < 4.78 is 0. The van der Waals surface area contributed by atoms with Gasteiger partial charge in [-0.1, -0.05) is 309 Å². The van der Waals surface area contributed by atoms with E-state index in [0.717, 1.165) is 121 Å². The molecule has 0 fully saturated rings. The van der Waals surface area contributed by atoms with Crippen molar-refractivity contribution in [2.75, 3.05) is 54.4 Å². The summed E-state index contributed by atoms with van der Waals surface area (Å²) in [5, 5.41) is 49.0. The van der Waals surface area contributed by atoms with Crippen molar-refractivity contribution in [2.24, 2.45) is 0 Å². The number of benzene rings is 18. The molecule has 0 spiro atoms. The van der Waals surface area contributed by atoms with E-state index in [0.29, 0.717) is 49.2 Å². The van der Waals surface area contributed by atoms with Crippen LogP contribution >= 0.6 is 0 Å². The number of phenols is 4. The van der Waals surface area contributed by atoms with Gasteiger partial charge in [0.05, 0.1) is 0 Å².